The van der Waals surface area contributed by atoms with E-state index in [0.29, 0.717) is 12.8 Å². The van der Waals surface area contributed by atoms with Crippen LogP contribution in [0.4, 0.5) is 8.78 Å². The maximum atomic E-state index is 15.5. The van der Waals surface area contributed by atoms with Crippen LogP contribution in [0.1, 0.15) is 129 Å². The largest absolute Gasteiger partial charge is 0.497 e. The van der Waals surface area contributed by atoms with Crippen LogP contribution in [0.3, 0.4) is 0 Å². The highest BCUT2D eigenvalue weighted by Gasteiger charge is 2.40. The highest BCUT2D eigenvalue weighted by molar-refractivity contribution is 6.74. The molecular weight excluding hydrogens is 863 g/mol. The Morgan fingerprint density at radius 3 is 1.40 bits per heavy atom. The number of carbonyl (C=O) groups is 2. The Bertz CT molecular complexity index is 1690. The second kappa shape index (κ2) is 27.2. The number of aliphatic hydroxyl groups is 1. The molecule has 0 fully saturated rings. The molecule has 1 rings (SSSR count). The fraction of sp³-hybridized carbons (Fsp3) is 0.692. The van der Waals surface area contributed by atoms with E-state index in [1.54, 1.807) is 52.2 Å². The molecule has 13 heteroatoms. The van der Waals surface area contributed by atoms with Gasteiger partial charge in [-0.3, -0.25) is 9.59 Å². The molecule has 0 saturated heterocycles. The number of aliphatic hydroxyl groups excluding tert-OH is 1. The van der Waals surface area contributed by atoms with Gasteiger partial charge in [-0.25, -0.2) is 8.78 Å². The lowest BCUT2D eigenvalue weighted by molar-refractivity contribution is -0.153. The van der Waals surface area contributed by atoms with Crippen LogP contribution in [-0.2, 0) is 39.3 Å². The monoisotopic (exact) mass is 953 g/mol. The molecule has 0 aromatic heterocycles. The number of esters is 2. The van der Waals surface area contributed by atoms with Crippen molar-refractivity contribution in [1.82, 2.24) is 0 Å². The number of rotatable bonds is 22. The van der Waals surface area contributed by atoms with Crippen molar-refractivity contribution in [3.05, 3.63) is 77.9 Å². The number of hydrogen-bond acceptors (Lipinski definition) is 9. The molecule has 0 bridgehead atoms. The fourth-order valence-corrected chi connectivity index (χ4v) is 8.00. The Kier molecular flexibility index (Phi) is 25.9. The minimum atomic E-state index is -1.98. The van der Waals surface area contributed by atoms with Crippen LogP contribution in [0.25, 0.3) is 0 Å². The van der Waals surface area contributed by atoms with Crippen LogP contribution < -0.4 is 4.74 Å². The van der Waals surface area contributed by atoms with Crippen molar-refractivity contribution in [3.63, 3.8) is 0 Å². The summed E-state index contributed by atoms with van der Waals surface area (Å²) in [5.41, 5.74) is -0.187. The van der Waals surface area contributed by atoms with E-state index in [-0.39, 0.29) is 71.7 Å². The number of methoxy groups -OCH3 is 1. The Labute approximate surface area is 396 Å². The van der Waals surface area contributed by atoms with Crippen LogP contribution in [0.2, 0.25) is 36.3 Å². The minimum absolute atomic E-state index is 0.0758. The summed E-state index contributed by atoms with van der Waals surface area (Å²) < 4.78 is 64.2. The molecule has 9 nitrogen and oxygen atoms in total. The summed E-state index contributed by atoms with van der Waals surface area (Å²) in [6.45, 7) is 41.1. The summed E-state index contributed by atoms with van der Waals surface area (Å²) in [7, 11) is -2.30. The third-order valence-electron chi connectivity index (χ3n) is 11.9. The van der Waals surface area contributed by atoms with Crippen LogP contribution in [-0.4, -0.2) is 78.4 Å². The first kappa shape index (κ1) is 62.1. The van der Waals surface area contributed by atoms with Crippen molar-refractivity contribution in [2.45, 2.75) is 191 Å². The van der Waals surface area contributed by atoms with Crippen molar-refractivity contribution < 1.29 is 51.3 Å². The van der Waals surface area contributed by atoms with E-state index in [1.807, 2.05) is 72.7 Å². The van der Waals surface area contributed by atoms with E-state index in [1.165, 1.54) is 12.2 Å². The SMILES string of the molecule is COc1ccc(CO[C@@H](/C=C\CCOC(=O)C(C)(C)C)/C(F)=C\[C@@H](C)[C@H](C)O[Si](C)(C)C(C)(C)C)cc1.C[C@H](/C=C(/F)[C@@H](O)/C=C\CCOC(=O)C(C)(C)C)[C@H](C)O[Si](C)(C)C(C)(C)C. The lowest BCUT2D eigenvalue weighted by Gasteiger charge is -2.39. The van der Waals surface area contributed by atoms with Gasteiger partial charge in [-0.05, 0) is 134 Å². The van der Waals surface area contributed by atoms with Gasteiger partial charge in [0, 0.05) is 24.0 Å². The van der Waals surface area contributed by atoms with E-state index < -0.39 is 45.5 Å². The Hall–Kier alpha value is -2.95. The number of hydrogen-bond donors (Lipinski definition) is 1. The zero-order valence-electron chi connectivity index (χ0n) is 44.2. The van der Waals surface area contributed by atoms with Crippen molar-refractivity contribution in [2.75, 3.05) is 20.3 Å². The molecule has 374 valence electrons. The molecule has 0 aliphatic rings. The van der Waals surface area contributed by atoms with Gasteiger partial charge >= 0.3 is 11.9 Å². The Morgan fingerprint density at radius 2 is 1.03 bits per heavy atom. The topological polar surface area (TPSA) is 110 Å². The van der Waals surface area contributed by atoms with Crippen LogP contribution in [0.15, 0.2) is 72.4 Å². The molecule has 0 aliphatic heterocycles. The lowest BCUT2D eigenvalue weighted by Crippen LogP contribution is -2.44. The number of carbonyl (C=O) groups excluding carboxylic acids is 2. The van der Waals surface area contributed by atoms with Gasteiger partial charge in [0.25, 0.3) is 0 Å². The normalized spacial score (nSPS) is 16.6. The van der Waals surface area contributed by atoms with E-state index in [0.717, 1.165) is 11.3 Å². The second-order valence-corrected chi connectivity index (χ2v) is 31.7. The van der Waals surface area contributed by atoms with Gasteiger partial charge in [-0.1, -0.05) is 91.8 Å². The summed E-state index contributed by atoms with van der Waals surface area (Å²) in [6.07, 6.45) is 7.96. The van der Waals surface area contributed by atoms with Crippen molar-refractivity contribution >= 4 is 28.6 Å². The van der Waals surface area contributed by atoms with Gasteiger partial charge in [0.15, 0.2) is 16.6 Å². The first-order valence-electron chi connectivity index (χ1n) is 23.2. The van der Waals surface area contributed by atoms with Crippen LogP contribution >= 0.6 is 0 Å². The fourth-order valence-electron chi connectivity index (χ4n) is 5.01. The van der Waals surface area contributed by atoms with Crippen LogP contribution in [0, 0.1) is 22.7 Å². The van der Waals surface area contributed by atoms with E-state index in [4.69, 9.17) is 27.8 Å². The van der Waals surface area contributed by atoms with E-state index >= 15 is 4.39 Å². The van der Waals surface area contributed by atoms with E-state index in [9.17, 15) is 19.1 Å². The van der Waals surface area contributed by atoms with Gasteiger partial charge in [0.2, 0.25) is 0 Å². The molecule has 0 aliphatic carbocycles. The summed E-state index contributed by atoms with van der Waals surface area (Å²) in [5, 5.41) is 10.1. The highest BCUT2D eigenvalue weighted by atomic mass is 28.4. The quantitative estimate of drug-likeness (QED) is 0.0526. The first-order chi connectivity index (χ1) is 29.5. The highest BCUT2D eigenvalue weighted by Crippen LogP contribution is 2.39. The molecule has 1 N–H and O–H groups in total. The summed E-state index contributed by atoms with van der Waals surface area (Å²) in [5.74, 6) is -1.05. The van der Waals surface area contributed by atoms with E-state index in [2.05, 4.69) is 67.7 Å². The van der Waals surface area contributed by atoms with Gasteiger partial charge in [-0.15, -0.1) is 0 Å². The van der Waals surface area contributed by atoms with Crippen molar-refractivity contribution in [1.29, 1.82) is 0 Å². The van der Waals surface area contributed by atoms with Crippen LogP contribution in [0.5, 0.6) is 5.75 Å². The molecule has 0 saturated carbocycles. The molecule has 0 amide bonds. The maximum Gasteiger partial charge on any atom is 0.311 e. The minimum Gasteiger partial charge on any atom is -0.497 e. The van der Waals surface area contributed by atoms with Gasteiger partial charge in [0.1, 0.15) is 29.6 Å². The summed E-state index contributed by atoms with van der Waals surface area (Å²) in [6, 6.07) is 7.48. The average Bonchev–Trinajstić information content (AvgIpc) is 3.16. The molecule has 0 unspecified atom stereocenters. The Balaban J connectivity index is 0.00000131. The third-order valence-corrected chi connectivity index (χ3v) is 21.1. The maximum absolute atomic E-state index is 15.5. The molecule has 65 heavy (non-hydrogen) atoms. The molecule has 0 radical (unpaired) electrons. The molecule has 6 atom stereocenters. The predicted octanol–water partition coefficient (Wildman–Crippen LogP) is 13.8. The molecule has 0 spiro atoms. The number of halogens is 2. The first-order valence-corrected chi connectivity index (χ1v) is 29.0. The van der Waals surface area contributed by atoms with Gasteiger partial charge in [0.05, 0.1) is 37.8 Å². The van der Waals surface area contributed by atoms with Crippen molar-refractivity contribution in [3.8, 4) is 5.75 Å². The lowest BCUT2D eigenvalue weighted by atomic mass is 9.97. The van der Waals surface area contributed by atoms with Gasteiger partial charge in [-0.2, -0.15) is 0 Å². The molecule has 1 aromatic carbocycles. The molecule has 1 aromatic rings. The third kappa shape index (κ3) is 24.1. The number of benzene rings is 1. The van der Waals surface area contributed by atoms with Gasteiger partial charge < -0.3 is 32.9 Å². The second-order valence-electron chi connectivity index (χ2n) is 22.2. The molecule has 0 heterocycles. The smallest absolute Gasteiger partial charge is 0.311 e. The zero-order valence-corrected chi connectivity index (χ0v) is 46.2. The summed E-state index contributed by atoms with van der Waals surface area (Å²) >= 11 is 0. The molecular formula is C52H90F2O9Si2. The standard InChI is InChI=1S/C30H49FO5Si.C22H41FO4Si/c1-22(23(2)36-37(10,11)30(6,7)8)20-26(31)27(14-12-13-19-34-28(32)29(3,4)5)35-21-24-15-17-25(33-9)18-16-24;1-16(17(2)27-28(9,10)22(6,7)8)15-18(23)19(24)13-11-12-14-26-20(25)21(3,4)5/h12,14-18,20,22-23,27H,13,19,21H2,1-11H3;11,13,15-17,19,24H,12,14H2,1-10H3/b14-12-,26-20+;13-11-,18-15+/t22-,23+,27+;16-,17+,19+/m11/s1. The average molecular weight is 953 g/mol. The van der Waals surface area contributed by atoms with Crippen molar-refractivity contribution in [2.24, 2.45) is 22.7 Å². The number of ether oxygens (including phenoxy) is 4. The predicted molar refractivity (Wildman–Crippen MR) is 268 cm³/mol. The zero-order chi connectivity index (χ0) is 50.8. The Morgan fingerprint density at radius 1 is 0.646 bits per heavy atom. The summed E-state index contributed by atoms with van der Waals surface area (Å²) in [4.78, 5) is 23.6.